The maximum absolute atomic E-state index is 10.5. The van der Waals surface area contributed by atoms with E-state index < -0.39 is 5.60 Å². The van der Waals surface area contributed by atoms with Crippen LogP contribution in [0.15, 0.2) is 42.9 Å². The highest BCUT2D eigenvalue weighted by Crippen LogP contribution is 2.35. The zero-order chi connectivity index (χ0) is 23.0. The second-order valence-corrected chi connectivity index (χ2v) is 8.26. The minimum absolute atomic E-state index is 0.108. The molecule has 10 heteroatoms. The van der Waals surface area contributed by atoms with Gasteiger partial charge in [-0.1, -0.05) is 29.8 Å². The number of nitrogens with zero attached hydrogens (tertiary/aromatic N) is 6. The van der Waals surface area contributed by atoms with Gasteiger partial charge in [0.1, 0.15) is 18.0 Å². The summed E-state index contributed by atoms with van der Waals surface area (Å²) < 4.78 is 1.55. The van der Waals surface area contributed by atoms with Crippen LogP contribution in [0.5, 0.6) is 0 Å². The van der Waals surface area contributed by atoms with Crippen LogP contribution in [0, 0.1) is 6.57 Å². The summed E-state index contributed by atoms with van der Waals surface area (Å²) in [5.74, 6) is 0.439. The van der Waals surface area contributed by atoms with Crippen LogP contribution in [0.2, 0.25) is 5.15 Å². The van der Waals surface area contributed by atoms with Crippen molar-refractivity contribution in [3.8, 4) is 11.3 Å². The van der Waals surface area contributed by atoms with Gasteiger partial charge in [0, 0.05) is 11.1 Å². The number of nitrogens with two attached hydrogens (primary N) is 1. The molecule has 3 heterocycles. The second kappa shape index (κ2) is 8.07. The molecule has 0 saturated carbocycles. The van der Waals surface area contributed by atoms with Crippen molar-refractivity contribution in [2.75, 3.05) is 11.1 Å². The van der Waals surface area contributed by atoms with Gasteiger partial charge in [-0.3, -0.25) is 0 Å². The van der Waals surface area contributed by atoms with Gasteiger partial charge in [-0.2, -0.15) is 5.10 Å². The lowest BCUT2D eigenvalue weighted by molar-refractivity contribution is 0.0786. The molecular weight excluding hydrogens is 428 g/mol. The normalized spacial score (nSPS) is 12.5. The van der Waals surface area contributed by atoms with Crippen LogP contribution in [0.4, 0.5) is 17.3 Å². The predicted octanol–water partition coefficient (Wildman–Crippen LogP) is 4.37. The summed E-state index contributed by atoms with van der Waals surface area (Å²) in [4.78, 5) is 15.8. The number of rotatable bonds is 5. The Morgan fingerprint density at radius 1 is 1.25 bits per heavy atom. The smallest absolute Gasteiger partial charge is 0.268 e. The molecule has 0 amide bonds. The molecule has 4 N–H and O–H groups in total. The van der Waals surface area contributed by atoms with Crippen LogP contribution in [-0.2, 0) is 5.60 Å². The number of hydrogen-bond acceptors (Lipinski definition) is 7. The third-order valence-electron chi connectivity index (χ3n) is 5.11. The summed E-state index contributed by atoms with van der Waals surface area (Å²) in [7, 11) is 0. The number of benzene rings is 1. The number of nitrogen functional groups attached to an aromatic ring is 1. The SMILES string of the molecule is [C-]#[N+]c1c(N)ncnc1NC(C)c1cc2ncc(Cl)n2nc1-c1cccc(C(C)(C)O)c1. The molecule has 162 valence electrons. The summed E-state index contributed by atoms with van der Waals surface area (Å²) >= 11 is 6.27. The van der Waals surface area contributed by atoms with E-state index in [1.165, 1.54) is 12.5 Å². The zero-order valence-corrected chi connectivity index (χ0v) is 18.5. The first-order valence-electron chi connectivity index (χ1n) is 9.81. The molecule has 0 saturated heterocycles. The molecule has 0 radical (unpaired) electrons. The third kappa shape index (κ3) is 3.93. The van der Waals surface area contributed by atoms with Crippen molar-refractivity contribution in [3.63, 3.8) is 0 Å². The number of nitrogens with one attached hydrogen (secondary N) is 1. The topological polar surface area (TPSA) is 119 Å². The molecular formula is C22H21ClN8O. The number of anilines is 2. The van der Waals surface area contributed by atoms with E-state index in [2.05, 4.69) is 25.1 Å². The highest BCUT2D eigenvalue weighted by molar-refractivity contribution is 6.29. The Balaban J connectivity index is 1.86. The summed E-state index contributed by atoms with van der Waals surface area (Å²) in [5.41, 5.74) is 8.55. The van der Waals surface area contributed by atoms with E-state index in [4.69, 9.17) is 29.0 Å². The molecule has 32 heavy (non-hydrogen) atoms. The first-order chi connectivity index (χ1) is 15.2. The predicted molar refractivity (Wildman–Crippen MR) is 123 cm³/mol. The number of fused-ring (bicyclic) bond motifs is 1. The van der Waals surface area contributed by atoms with Gasteiger partial charge in [-0.05, 0) is 38.5 Å². The van der Waals surface area contributed by atoms with E-state index in [-0.39, 0.29) is 17.5 Å². The summed E-state index contributed by atoms with van der Waals surface area (Å²) in [6.07, 6.45) is 2.84. The molecule has 0 bridgehead atoms. The van der Waals surface area contributed by atoms with Crippen molar-refractivity contribution in [1.82, 2.24) is 24.6 Å². The lowest BCUT2D eigenvalue weighted by Gasteiger charge is -2.21. The molecule has 0 fully saturated rings. The number of aromatic nitrogens is 5. The Bertz CT molecular complexity index is 1350. The number of aliphatic hydroxyl groups is 1. The van der Waals surface area contributed by atoms with Gasteiger partial charge >= 0.3 is 0 Å². The average Bonchev–Trinajstić information content (AvgIpc) is 3.12. The van der Waals surface area contributed by atoms with Gasteiger partial charge in [-0.25, -0.2) is 24.3 Å². The molecule has 3 aromatic heterocycles. The standard InChI is InChI=1S/C22H21ClN8O/c1-12(29-21-19(25-4)20(24)27-11-28-21)15-9-17-26-10-16(23)31(17)30-18(15)13-6-5-7-14(8-13)22(2,3)32/h5-12,32H,1-3H3,(H3,24,27,28,29). The lowest BCUT2D eigenvalue weighted by Crippen LogP contribution is -2.16. The fourth-order valence-electron chi connectivity index (χ4n) is 3.39. The highest BCUT2D eigenvalue weighted by Gasteiger charge is 2.22. The maximum atomic E-state index is 10.5. The Hall–Kier alpha value is -3.74. The number of imidazole rings is 1. The highest BCUT2D eigenvalue weighted by atomic mass is 35.5. The Morgan fingerprint density at radius 3 is 2.75 bits per heavy atom. The van der Waals surface area contributed by atoms with Crippen molar-refractivity contribution in [2.24, 2.45) is 0 Å². The monoisotopic (exact) mass is 448 g/mol. The van der Waals surface area contributed by atoms with Crippen molar-refractivity contribution in [1.29, 1.82) is 0 Å². The van der Waals surface area contributed by atoms with Gasteiger partial charge in [0.15, 0.2) is 10.8 Å². The Morgan fingerprint density at radius 2 is 2.03 bits per heavy atom. The molecule has 0 aliphatic carbocycles. The molecule has 0 aliphatic heterocycles. The van der Waals surface area contributed by atoms with Gasteiger partial charge in [0.05, 0.1) is 30.1 Å². The van der Waals surface area contributed by atoms with Gasteiger partial charge < -0.3 is 16.2 Å². The molecule has 9 nitrogen and oxygen atoms in total. The minimum atomic E-state index is -1.01. The van der Waals surface area contributed by atoms with Crippen molar-refractivity contribution < 1.29 is 5.11 Å². The molecule has 1 unspecified atom stereocenters. The quantitative estimate of drug-likeness (QED) is 0.388. The Labute approximate surface area is 189 Å². The average molecular weight is 449 g/mol. The largest absolute Gasteiger partial charge is 0.392 e. The van der Waals surface area contributed by atoms with Crippen LogP contribution in [0.1, 0.15) is 37.9 Å². The van der Waals surface area contributed by atoms with Crippen LogP contribution < -0.4 is 11.1 Å². The fourth-order valence-corrected chi connectivity index (χ4v) is 3.57. The maximum Gasteiger partial charge on any atom is 0.268 e. The minimum Gasteiger partial charge on any atom is -0.392 e. The summed E-state index contributed by atoms with van der Waals surface area (Å²) in [5, 5.41) is 18.8. The molecule has 4 rings (SSSR count). The first-order valence-corrected chi connectivity index (χ1v) is 10.2. The van der Waals surface area contributed by atoms with Crippen molar-refractivity contribution in [2.45, 2.75) is 32.4 Å². The van der Waals surface area contributed by atoms with E-state index >= 15 is 0 Å². The van der Waals surface area contributed by atoms with Gasteiger partial charge in [0.25, 0.3) is 5.69 Å². The fraction of sp³-hybridized carbons (Fsp3) is 0.227. The van der Waals surface area contributed by atoms with Gasteiger partial charge in [-0.15, -0.1) is 0 Å². The molecule has 0 spiro atoms. The lowest BCUT2D eigenvalue weighted by atomic mass is 9.94. The third-order valence-corrected chi connectivity index (χ3v) is 5.36. The summed E-state index contributed by atoms with van der Waals surface area (Å²) in [6.45, 7) is 12.8. The van der Waals surface area contributed by atoms with Crippen LogP contribution in [-0.4, -0.2) is 29.7 Å². The van der Waals surface area contributed by atoms with E-state index in [1.807, 2.05) is 37.3 Å². The number of halogens is 1. The van der Waals surface area contributed by atoms with Crippen LogP contribution in [0.25, 0.3) is 21.7 Å². The summed E-state index contributed by atoms with van der Waals surface area (Å²) in [6, 6.07) is 9.09. The second-order valence-electron chi connectivity index (χ2n) is 7.87. The molecule has 1 aromatic carbocycles. The van der Waals surface area contributed by atoms with Crippen LogP contribution >= 0.6 is 11.6 Å². The molecule has 1 atom stereocenters. The van der Waals surface area contributed by atoms with E-state index in [1.54, 1.807) is 18.4 Å². The van der Waals surface area contributed by atoms with Crippen LogP contribution in [0.3, 0.4) is 0 Å². The van der Waals surface area contributed by atoms with E-state index in [9.17, 15) is 5.11 Å². The Kier molecular flexibility index (Phi) is 5.42. The van der Waals surface area contributed by atoms with E-state index in [0.717, 1.165) is 16.7 Å². The first kappa shape index (κ1) is 21.5. The molecule has 0 aliphatic rings. The van der Waals surface area contributed by atoms with Gasteiger partial charge in [0.2, 0.25) is 0 Å². The zero-order valence-electron chi connectivity index (χ0n) is 17.7. The molecule has 4 aromatic rings. The van der Waals surface area contributed by atoms with E-state index in [0.29, 0.717) is 22.3 Å². The van der Waals surface area contributed by atoms with Crippen molar-refractivity contribution in [3.05, 3.63) is 70.6 Å². The van der Waals surface area contributed by atoms with Crippen molar-refractivity contribution >= 4 is 34.6 Å². The number of hydrogen-bond donors (Lipinski definition) is 3.